The molecule has 4 aromatic rings. The van der Waals surface area contributed by atoms with Crippen LogP contribution in [0.25, 0.3) is 21.6 Å². The number of fused-ring (bicyclic) bond motifs is 3. The van der Waals surface area contributed by atoms with E-state index in [4.69, 9.17) is 19.4 Å². The van der Waals surface area contributed by atoms with Crippen molar-refractivity contribution in [1.82, 2.24) is 15.0 Å². The summed E-state index contributed by atoms with van der Waals surface area (Å²) in [4.78, 5) is 16.4. The second-order valence-electron chi connectivity index (χ2n) is 8.45. The minimum absolute atomic E-state index is 0.354. The fourth-order valence-electron chi connectivity index (χ4n) is 4.30. The van der Waals surface area contributed by atoms with Gasteiger partial charge in [0.15, 0.2) is 5.82 Å². The third-order valence-corrected chi connectivity index (χ3v) is 7.15. The highest BCUT2D eigenvalue weighted by Gasteiger charge is 2.23. The second-order valence-corrected chi connectivity index (χ2v) is 9.53. The van der Waals surface area contributed by atoms with Crippen molar-refractivity contribution in [3.05, 3.63) is 64.8 Å². The van der Waals surface area contributed by atoms with Gasteiger partial charge in [-0.2, -0.15) is 4.98 Å². The van der Waals surface area contributed by atoms with Crippen LogP contribution in [0, 0.1) is 5.92 Å². The Kier molecular flexibility index (Phi) is 6.04. The van der Waals surface area contributed by atoms with Gasteiger partial charge in [-0.05, 0) is 73.4 Å². The Morgan fingerprint density at radius 2 is 1.78 bits per heavy atom. The van der Waals surface area contributed by atoms with Crippen molar-refractivity contribution in [1.29, 1.82) is 0 Å². The number of aromatic nitrogens is 3. The highest BCUT2D eigenvalue weighted by atomic mass is 32.1. The molecule has 1 aliphatic carbocycles. The maximum absolute atomic E-state index is 6.40. The molecule has 0 radical (unpaired) electrons. The summed E-state index contributed by atoms with van der Waals surface area (Å²) >= 11 is 1.80. The largest absolute Gasteiger partial charge is 0.497 e. The zero-order chi connectivity index (χ0) is 21.9. The van der Waals surface area contributed by atoms with E-state index in [1.54, 1.807) is 30.8 Å². The summed E-state index contributed by atoms with van der Waals surface area (Å²) in [6.45, 7) is 2.83. The quantitative estimate of drug-likeness (QED) is 0.355. The number of ether oxygens (including phenoxy) is 2. The van der Waals surface area contributed by atoms with Crippen LogP contribution in [0.15, 0.2) is 48.8 Å². The molecule has 0 fully saturated rings. The summed E-state index contributed by atoms with van der Waals surface area (Å²) in [5.74, 6) is 2.67. The van der Waals surface area contributed by atoms with Crippen LogP contribution >= 0.6 is 11.3 Å². The molecule has 5 rings (SSSR count). The minimum Gasteiger partial charge on any atom is -0.497 e. The zero-order valence-corrected chi connectivity index (χ0v) is 19.3. The molecule has 1 aromatic carbocycles. The molecule has 0 amide bonds. The molecular weight excluding hydrogens is 418 g/mol. The Morgan fingerprint density at radius 1 is 1.00 bits per heavy atom. The Hall–Kier alpha value is -2.99. The number of benzene rings is 1. The van der Waals surface area contributed by atoms with Gasteiger partial charge in [0.05, 0.1) is 19.1 Å². The monoisotopic (exact) mass is 445 g/mol. The van der Waals surface area contributed by atoms with Crippen molar-refractivity contribution in [3.63, 3.8) is 0 Å². The SMILES string of the molecule is COc1ccc(CC(C)COc2nc(-c3ccncc3)nc3sc4c(c23)CCCC4)cc1. The number of nitrogens with zero attached hydrogens (tertiary/aromatic N) is 3. The summed E-state index contributed by atoms with van der Waals surface area (Å²) in [6, 6.07) is 12.2. The molecule has 0 N–H and O–H groups in total. The van der Waals surface area contributed by atoms with E-state index in [0.29, 0.717) is 18.3 Å². The van der Waals surface area contributed by atoms with Gasteiger partial charge in [-0.3, -0.25) is 4.98 Å². The number of aryl methyl sites for hydroxylation is 2. The molecule has 3 heterocycles. The molecule has 164 valence electrons. The average Bonchev–Trinajstić information content (AvgIpc) is 3.22. The van der Waals surface area contributed by atoms with Gasteiger partial charge in [-0.1, -0.05) is 19.1 Å². The number of pyridine rings is 1. The van der Waals surface area contributed by atoms with E-state index < -0.39 is 0 Å². The van der Waals surface area contributed by atoms with Gasteiger partial charge in [0.25, 0.3) is 0 Å². The molecule has 0 bridgehead atoms. The maximum atomic E-state index is 6.40. The predicted octanol–water partition coefficient (Wildman–Crippen LogP) is 5.90. The number of hydrogen-bond donors (Lipinski definition) is 0. The lowest BCUT2D eigenvalue weighted by Crippen LogP contribution is -2.13. The van der Waals surface area contributed by atoms with Crippen LogP contribution in [-0.2, 0) is 19.3 Å². The minimum atomic E-state index is 0.354. The number of hydrogen-bond acceptors (Lipinski definition) is 6. The van der Waals surface area contributed by atoms with Gasteiger partial charge < -0.3 is 9.47 Å². The van der Waals surface area contributed by atoms with Gasteiger partial charge in [-0.15, -0.1) is 11.3 Å². The van der Waals surface area contributed by atoms with E-state index in [9.17, 15) is 0 Å². The summed E-state index contributed by atoms with van der Waals surface area (Å²) in [5, 5.41) is 1.12. The predicted molar refractivity (Wildman–Crippen MR) is 129 cm³/mol. The van der Waals surface area contributed by atoms with Gasteiger partial charge in [0.1, 0.15) is 10.6 Å². The van der Waals surface area contributed by atoms with E-state index in [1.807, 2.05) is 24.3 Å². The van der Waals surface area contributed by atoms with Crippen molar-refractivity contribution in [2.75, 3.05) is 13.7 Å². The average molecular weight is 446 g/mol. The molecule has 0 spiro atoms. The van der Waals surface area contributed by atoms with Crippen molar-refractivity contribution in [2.24, 2.45) is 5.92 Å². The highest BCUT2D eigenvalue weighted by molar-refractivity contribution is 7.18. The van der Waals surface area contributed by atoms with Gasteiger partial charge in [-0.25, -0.2) is 4.98 Å². The van der Waals surface area contributed by atoms with Crippen LogP contribution in [0.1, 0.15) is 35.8 Å². The third kappa shape index (κ3) is 4.32. The van der Waals surface area contributed by atoms with E-state index in [2.05, 4.69) is 24.0 Å². The first kappa shape index (κ1) is 20.9. The number of rotatable bonds is 7. The molecule has 0 aliphatic heterocycles. The van der Waals surface area contributed by atoms with Crippen molar-refractivity contribution >= 4 is 21.6 Å². The maximum Gasteiger partial charge on any atom is 0.226 e. The topological polar surface area (TPSA) is 57.1 Å². The van der Waals surface area contributed by atoms with Gasteiger partial charge >= 0.3 is 0 Å². The molecule has 6 heteroatoms. The molecule has 1 unspecified atom stereocenters. The number of thiophene rings is 1. The van der Waals surface area contributed by atoms with Crippen LogP contribution in [0.5, 0.6) is 11.6 Å². The molecule has 3 aromatic heterocycles. The zero-order valence-electron chi connectivity index (χ0n) is 18.5. The Morgan fingerprint density at radius 3 is 2.56 bits per heavy atom. The fourth-order valence-corrected chi connectivity index (χ4v) is 5.55. The first-order chi connectivity index (χ1) is 15.7. The standard InChI is InChI=1S/C26H27N3O2S/c1-17(15-18-7-9-20(30-2)10-8-18)16-31-25-23-21-5-3-4-6-22(21)32-26(23)29-24(28-25)19-11-13-27-14-12-19/h7-14,17H,3-6,15-16H2,1-2H3. The van der Waals surface area contributed by atoms with Crippen LogP contribution in [0.3, 0.4) is 0 Å². The number of methoxy groups -OCH3 is 1. The van der Waals surface area contributed by atoms with Gasteiger partial charge in [0, 0.05) is 22.8 Å². The summed E-state index contributed by atoms with van der Waals surface area (Å²) in [6.07, 6.45) is 9.19. The normalized spacial score (nSPS) is 14.2. The van der Waals surface area contributed by atoms with Gasteiger partial charge in [0.2, 0.25) is 5.88 Å². The lowest BCUT2D eigenvalue weighted by molar-refractivity contribution is 0.253. The lowest BCUT2D eigenvalue weighted by atomic mass is 9.97. The highest BCUT2D eigenvalue weighted by Crippen LogP contribution is 2.40. The smallest absolute Gasteiger partial charge is 0.226 e. The van der Waals surface area contributed by atoms with E-state index in [-0.39, 0.29) is 0 Å². The molecular formula is C26H27N3O2S. The summed E-state index contributed by atoms with van der Waals surface area (Å²) in [7, 11) is 1.69. The third-order valence-electron chi connectivity index (χ3n) is 5.97. The Balaban J connectivity index is 1.42. The van der Waals surface area contributed by atoms with Crippen molar-refractivity contribution in [2.45, 2.75) is 39.0 Å². The first-order valence-corrected chi connectivity index (χ1v) is 12.0. The van der Waals surface area contributed by atoms with Crippen LogP contribution in [-0.4, -0.2) is 28.7 Å². The molecule has 1 aliphatic rings. The molecule has 32 heavy (non-hydrogen) atoms. The van der Waals surface area contributed by atoms with Crippen molar-refractivity contribution in [3.8, 4) is 23.0 Å². The first-order valence-electron chi connectivity index (χ1n) is 11.2. The van der Waals surface area contributed by atoms with Crippen LogP contribution in [0.2, 0.25) is 0 Å². The molecule has 1 atom stereocenters. The fraction of sp³-hybridized carbons (Fsp3) is 0.346. The van der Waals surface area contributed by atoms with Crippen LogP contribution in [0.4, 0.5) is 0 Å². The van der Waals surface area contributed by atoms with E-state index in [1.165, 1.54) is 28.8 Å². The van der Waals surface area contributed by atoms with E-state index >= 15 is 0 Å². The molecule has 0 saturated carbocycles. The Bertz CT molecular complexity index is 1210. The molecule has 5 nitrogen and oxygen atoms in total. The van der Waals surface area contributed by atoms with E-state index in [0.717, 1.165) is 46.7 Å². The lowest BCUT2D eigenvalue weighted by Gasteiger charge is -2.16. The van der Waals surface area contributed by atoms with Crippen LogP contribution < -0.4 is 9.47 Å². The summed E-state index contributed by atoms with van der Waals surface area (Å²) < 4.78 is 11.7. The Labute approximate surface area is 192 Å². The summed E-state index contributed by atoms with van der Waals surface area (Å²) in [5.41, 5.74) is 3.64. The second kappa shape index (κ2) is 9.25. The molecule has 0 saturated heterocycles. The van der Waals surface area contributed by atoms with Crippen molar-refractivity contribution < 1.29 is 9.47 Å².